The first-order valence-electron chi connectivity index (χ1n) is 4.71. The highest BCUT2D eigenvalue weighted by molar-refractivity contribution is 7.92. The average molecular weight is 254 g/mol. The average Bonchev–Trinajstić information content (AvgIpc) is 2.63. The lowest BCUT2D eigenvalue weighted by Gasteiger charge is -2.03. The Hall–Kier alpha value is -2.09. The summed E-state index contributed by atoms with van der Waals surface area (Å²) in [6.45, 7) is 1.75. The smallest absolute Gasteiger partial charge is 0.264 e. The Bertz CT molecular complexity index is 666. The molecule has 2 aromatic rings. The number of hydrogen-bond acceptors (Lipinski definition) is 4. The molecule has 17 heavy (non-hydrogen) atoms. The third-order valence-corrected chi connectivity index (χ3v) is 3.36. The van der Waals surface area contributed by atoms with Gasteiger partial charge in [0, 0.05) is 24.0 Å². The van der Waals surface area contributed by atoms with E-state index in [2.05, 4.69) is 19.9 Å². The highest BCUT2D eigenvalue weighted by Crippen LogP contribution is 2.12. The number of pyridine rings is 1. The molecule has 0 radical (unpaired) electrons. The van der Waals surface area contributed by atoms with E-state index in [1.165, 1.54) is 6.07 Å². The summed E-state index contributed by atoms with van der Waals surface area (Å²) < 4.78 is 26.0. The molecule has 90 valence electrons. The van der Waals surface area contributed by atoms with Gasteiger partial charge in [0.05, 0.1) is 0 Å². The number of sulfonamides is 1. The van der Waals surface area contributed by atoms with E-state index < -0.39 is 10.0 Å². The Labute approximate surface area is 96.9 Å². The summed E-state index contributed by atoms with van der Waals surface area (Å²) in [5.41, 5.74) is 0.378. The predicted molar refractivity (Wildman–Crippen MR) is 61.2 cm³/mol. The van der Waals surface area contributed by atoms with Crippen LogP contribution in [0.4, 0.5) is 5.82 Å². The lowest BCUT2D eigenvalue weighted by Crippen LogP contribution is -2.15. The van der Waals surface area contributed by atoms with Crippen molar-refractivity contribution < 1.29 is 8.42 Å². The van der Waals surface area contributed by atoms with E-state index in [-0.39, 0.29) is 16.3 Å². The van der Waals surface area contributed by atoms with Crippen molar-refractivity contribution in [3.8, 4) is 0 Å². The number of aryl methyl sites for hydroxylation is 1. The van der Waals surface area contributed by atoms with Gasteiger partial charge in [-0.2, -0.15) is 5.10 Å². The lowest BCUT2D eigenvalue weighted by atomic mass is 10.5. The molecule has 2 heterocycles. The fourth-order valence-corrected chi connectivity index (χ4v) is 2.19. The molecular weight excluding hydrogens is 244 g/mol. The molecular formula is C9H10N4O3S. The van der Waals surface area contributed by atoms with Gasteiger partial charge in [-0.1, -0.05) is 0 Å². The highest BCUT2D eigenvalue weighted by atomic mass is 32.2. The Kier molecular flexibility index (Phi) is 2.72. The maximum Gasteiger partial charge on any atom is 0.264 e. The van der Waals surface area contributed by atoms with Crippen LogP contribution in [0.25, 0.3) is 0 Å². The van der Waals surface area contributed by atoms with Gasteiger partial charge in [-0.3, -0.25) is 14.6 Å². The third-order valence-electron chi connectivity index (χ3n) is 2.01. The molecule has 0 fully saturated rings. The second kappa shape index (κ2) is 4.06. The first-order chi connectivity index (χ1) is 7.97. The van der Waals surface area contributed by atoms with Crippen LogP contribution in [0.15, 0.2) is 34.1 Å². The van der Waals surface area contributed by atoms with Gasteiger partial charge in [-0.15, -0.1) is 0 Å². The summed E-state index contributed by atoms with van der Waals surface area (Å²) in [4.78, 5) is 13.1. The predicted octanol–water partition coefficient (Wildman–Crippen LogP) is 0.207. The Balaban J connectivity index is 2.31. The molecule has 0 aliphatic rings. The van der Waals surface area contributed by atoms with E-state index in [0.717, 1.165) is 18.0 Å². The monoisotopic (exact) mass is 254 g/mol. The van der Waals surface area contributed by atoms with E-state index in [9.17, 15) is 13.2 Å². The molecule has 3 N–H and O–H groups in total. The Morgan fingerprint density at radius 1 is 1.35 bits per heavy atom. The second-order valence-corrected chi connectivity index (χ2v) is 5.11. The number of nitrogens with one attached hydrogen (secondary N) is 3. The number of aromatic nitrogens is 3. The topological polar surface area (TPSA) is 108 Å². The largest absolute Gasteiger partial charge is 0.328 e. The molecule has 0 bridgehead atoms. The van der Waals surface area contributed by atoms with Crippen LogP contribution in [-0.4, -0.2) is 23.6 Å². The summed E-state index contributed by atoms with van der Waals surface area (Å²) in [5, 5.41) is 6.37. The number of aromatic amines is 2. The zero-order valence-corrected chi connectivity index (χ0v) is 9.71. The van der Waals surface area contributed by atoms with Crippen LogP contribution in [-0.2, 0) is 10.0 Å². The molecule has 0 saturated carbocycles. The zero-order valence-electron chi connectivity index (χ0n) is 8.89. The summed E-state index contributed by atoms with van der Waals surface area (Å²) >= 11 is 0. The quantitative estimate of drug-likeness (QED) is 0.727. The molecule has 7 nitrogen and oxygen atoms in total. The van der Waals surface area contributed by atoms with Gasteiger partial charge in [0.15, 0.2) is 5.82 Å². The molecule has 0 saturated heterocycles. The van der Waals surface area contributed by atoms with Crippen molar-refractivity contribution in [3.63, 3.8) is 0 Å². The first kappa shape index (κ1) is 11.4. The van der Waals surface area contributed by atoms with Crippen molar-refractivity contribution in [2.45, 2.75) is 11.8 Å². The van der Waals surface area contributed by atoms with Crippen molar-refractivity contribution >= 4 is 15.8 Å². The molecule has 0 atom stereocenters. The summed E-state index contributed by atoms with van der Waals surface area (Å²) in [7, 11) is -3.72. The second-order valence-electron chi connectivity index (χ2n) is 3.43. The molecule has 0 spiro atoms. The number of nitrogens with zero attached hydrogens (tertiary/aromatic N) is 1. The minimum Gasteiger partial charge on any atom is -0.328 e. The molecule has 0 unspecified atom stereocenters. The van der Waals surface area contributed by atoms with E-state index in [1.54, 1.807) is 13.0 Å². The molecule has 0 amide bonds. The molecule has 8 heteroatoms. The van der Waals surface area contributed by atoms with Crippen molar-refractivity contribution in [1.29, 1.82) is 0 Å². The molecule has 2 aromatic heterocycles. The number of anilines is 1. The van der Waals surface area contributed by atoms with Gasteiger partial charge in [-0.05, 0) is 13.0 Å². The summed E-state index contributed by atoms with van der Waals surface area (Å²) in [6.07, 6.45) is 1.13. The minimum absolute atomic E-state index is 0.0299. The van der Waals surface area contributed by atoms with Crippen LogP contribution in [0.5, 0.6) is 0 Å². The van der Waals surface area contributed by atoms with E-state index in [1.807, 2.05) is 0 Å². The standard InChI is InChI=1S/C9H10N4O3S/c1-6-4-8(12-11-6)13-17(15,16)7-2-3-9(14)10-5-7/h2-5H,1H3,(H,10,14)(H2,11,12,13). The maximum absolute atomic E-state index is 11.8. The fraction of sp³-hybridized carbons (Fsp3) is 0.111. The van der Waals surface area contributed by atoms with Crippen molar-refractivity contribution in [3.05, 3.63) is 40.4 Å². The minimum atomic E-state index is -3.72. The van der Waals surface area contributed by atoms with Gasteiger partial charge in [-0.25, -0.2) is 8.42 Å². The Morgan fingerprint density at radius 2 is 2.12 bits per heavy atom. The first-order valence-corrected chi connectivity index (χ1v) is 6.19. The van der Waals surface area contributed by atoms with E-state index in [0.29, 0.717) is 0 Å². The van der Waals surface area contributed by atoms with Crippen molar-refractivity contribution in [1.82, 2.24) is 15.2 Å². The molecule has 0 aliphatic heterocycles. The van der Waals surface area contributed by atoms with Gasteiger partial charge in [0.1, 0.15) is 4.90 Å². The van der Waals surface area contributed by atoms with Crippen LogP contribution in [0.1, 0.15) is 5.69 Å². The Morgan fingerprint density at radius 3 is 2.65 bits per heavy atom. The van der Waals surface area contributed by atoms with Crippen LogP contribution in [0, 0.1) is 6.92 Å². The van der Waals surface area contributed by atoms with Gasteiger partial charge in [0.25, 0.3) is 10.0 Å². The summed E-state index contributed by atoms with van der Waals surface area (Å²) in [5.74, 6) is 0.203. The van der Waals surface area contributed by atoms with Gasteiger partial charge >= 0.3 is 0 Å². The number of hydrogen-bond donors (Lipinski definition) is 3. The SMILES string of the molecule is Cc1cc(NS(=O)(=O)c2ccc(=O)[nH]c2)n[nH]1. The highest BCUT2D eigenvalue weighted by Gasteiger charge is 2.15. The lowest BCUT2D eigenvalue weighted by molar-refractivity contribution is 0.600. The van der Waals surface area contributed by atoms with Crippen LogP contribution in [0.3, 0.4) is 0 Å². The molecule has 0 aliphatic carbocycles. The van der Waals surface area contributed by atoms with Crippen molar-refractivity contribution in [2.75, 3.05) is 4.72 Å². The van der Waals surface area contributed by atoms with Gasteiger partial charge in [0.2, 0.25) is 5.56 Å². The maximum atomic E-state index is 11.8. The van der Waals surface area contributed by atoms with Crippen LogP contribution in [0.2, 0.25) is 0 Å². The van der Waals surface area contributed by atoms with Crippen LogP contribution >= 0.6 is 0 Å². The molecule has 0 aromatic carbocycles. The van der Waals surface area contributed by atoms with Crippen LogP contribution < -0.4 is 10.3 Å². The normalized spacial score (nSPS) is 11.4. The van der Waals surface area contributed by atoms with E-state index >= 15 is 0 Å². The number of rotatable bonds is 3. The molecule has 2 rings (SSSR count). The summed E-state index contributed by atoms with van der Waals surface area (Å²) in [6, 6.07) is 3.92. The van der Waals surface area contributed by atoms with Crippen molar-refractivity contribution in [2.24, 2.45) is 0 Å². The fourth-order valence-electron chi connectivity index (χ4n) is 1.23. The van der Waals surface area contributed by atoms with E-state index in [4.69, 9.17) is 0 Å². The number of H-pyrrole nitrogens is 2. The van der Waals surface area contributed by atoms with Gasteiger partial charge < -0.3 is 4.98 Å². The third kappa shape index (κ3) is 2.53. The zero-order chi connectivity index (χ0) is 12.5.